The molecule has 1 amide bonds. The lowest BCUT2D eigenvalue weighted by molar-refractivity contribution is -0.134. The standard InChI is InChI=1S/C10H17NO3/c12-10-3-1-2-4-11(10)5-6-13-7-9-8-14-9/h9H,1-8H2. The summed E-state index contributed by atoms with van der Waals surface area (Å²) in [4.78, 5) is 13.3. The molecular weight excluding hydrogens is 182 g/mol. The Hall–Kier alpha value is -0.610. The second-order valence-corrected chi connectivity index (χ2v) is 3.87. The topological polar surface area (TPSA) is 42.1 Å². The molecule has 4 heteroatoms. The van der Waals surface area contributed by atoms with Crippen molar-refractivity contribution in [2.24, 2.45) is 0 Å². The van der Waals surface area contributed by atoms with Gasteiger partial charge in [0.05, 0.1) is 19.8 Å². The average Bonchev–Trinajstić information content (AvgIpc) is 2.99. The van der Waals surface area contributed by atoms with Crippen molar-refractivity contribution in [3.05, 3.63) is 0 Å². The Bertz CT molecular complexity index is 204. The number of amides is 1. The molecule has 0 spiro atoms. The molecule has 0 aromatic heterocycles. The van der Waals surface area contributed by atoms with Gasteiger partial charge in [-0.2, -0.15) is 0 Å². The van der Waals surface area contributed by atoms with Gasteiger partial charge in [-0.05, 0) is 12.8 Å². The molecule has 2 saturated heterocycles. The highest BCUT2D eigenvalue weighted by molar-refractivity contribution is 5.76. The number of ether oxygens (including phenoxy) is 2. The summed E-state index contributed by atoms with van der Waals surface area (Å²) < 4.78 is 10.4. The van der Waals surface area contributed by atoms with E-state index in [2.05, 4.69) is 0 Å². The first-order valence-corrected chi connectivity index (χ1v) is 5.33. The molecule has 0 aromatic carbocycles. The zero-order valence-corrected chi connectivity index (χ0v) is 8.41. The first-order valence-electron chi connectivity index (χ1n) is 5.33. The van der Waals surface area contributed by atoms with E-state index in [1.807, 2.05) is 4.90 Å². The number of hydrogen-bond donors (Lipinski definition) is 0. The number of epoxide rings is 1. The quantitative estimate of drug-likeness (QED) is 0.476. The molecule has 0 N–H and O–H groups in total. The Kier molecular flexibility index (Phi) is 3.37. The van der Waals surface area contributed by atoms with Gasteiger partial charge >= 0.3 is 0 Å². The summed E-state index contributed by atoms with van der Waals surface area (Å²) in [7, 11) is 0. The number of rotatable bonds is 5. The van der Waals surface area contributed by atoms with E-state index in [-0.39, 0.29) is 5.91 Å². The SMILES string of the molecule is O=C1CCCCN1CCOCC1CO1. The van der Waals surface area contributed by atoms with Crippen LogP contribution in [0.15, 0.2) is 0 Å². The molecule has 0 aliphatic carbocycles. The van der Waals surface area contributed by atoms with Crippen LogP contribution >= 0.6 is 0 Å². The minimum absolute atomic E-state index is 0.280. The predicted octanol–water partition coefficient (Wildman–Crippen LogP) is 0.414. The van der Waals surface area contributed by atoms with Crippen molar-refractivity contribution < 1.29 is 14.3 Å². The van der Waals surface area contributed by atoms with Gasteiger partial charge in [-0.3, -0.25) is 4.79 Å². The normalized spacial score (nSPS) is 26.7. The molecule has 1 unspecified atom stereocenters. The minimum Gasteiger partial charge on any atom is -0.377 e. The third-order valence-electron chi connectivity index (χ3n) is 2.63. The zero-order valence-electron chi connectivity index (χ0n) is 8.41. The Balaban J connectivity index is 1.56. The summed E-state index contributed by atoms with van der Waals surface area (Å²) in [5.74, 6) is 0.280. The maximum absolute atomic E-state index is 11.4. The fraction of sp³-hybridized carbons (Fsp3) is 0.900. The Morgan fingerprint density at radius 3 is 3.07 bits per heavy atom. The second-order valence-electron chi connectivity index (χ2n) is 3.87. The lowest BCUT2D eigenvalue weighted by atomic mass is 10.1. The monoisotopic (exact) mass is 199 g/mol. The summed E-state index contributed by atoms with van der Waals surface area (Å²) in [6.45, 7) is 3.81. The molecule has 0 bridgehead atoms. The number of nitrogens with zero attached hydrogens (tertiary/aromatic N) is 1. The number of carbonyl (C=O) groups excluding carboxylic acids is 1. The van der Waals surface area contributed by atoms with Crippen molar-refractivity contribution in [3.63, 3.8) is 0 Å². The van der Waals surface area contributed by atoms with Crippen LogP contribution in [0.4, 0.5) is 0 Å². The smallest absolute Gasteiger partial charge is 0.222 e. The second kappa shape index (κ2) is 4.75. The van der Waals surface area contributed by atoms with Crippen LogP contribution in [0.5, 0.6) is 0 Å². The molecule has 4 nitrogen and oxygen atoms in total. The van der Waals surface area contributed by atoms with Crippen LogP contribution in [0.3, 0.4) is 0 Å². The van der Waals surface area contributed by atoms with Gasteiger partial charge in [-0.15, -0.1) is 0 Å². The van der Waals surface area contributed by atoms with Gasteiger partial charge in [-0.25, -0.2) is 0 Å². The molecule has 0 aromatic rings. The maximum atomic E-state index is 11.4. The molecule has 1 atom stereocenters. The fourth-order valence-electron chi connectivity index (χ4n) is 1.65. The molecule has 2 aliphatic rings. The molecule has 2 rings (SSSR count). The Labute approximate surface area is 84.2 Å². The van der Waals surface area contributed by atoms with E-state index in [1.54, 1.807) is 0 Å². The van der Waals surface area contributed by atoms with Crippen molar-refractivity contribution in [2.45, 2.75) is 25.4 Å². The maximum Gasteiger partial charge on any atom is 0.222 e. The van der Waals surface area contributed by atoms with Crippen molar-refractivity contribution in [2.75, 3.05) is 32.9 Å². The molecule has 2 fully saturated rings. The van der Waals surface area contributed by atoms with E-state index in [0.29, 0.717) is 25.7 Å². The molecule has 14 heavy (non-hydrogen) atoms. The summed E-state index contributed by atoms with van der Waals surface area (Å²) in [5.41, 5.74) is 0. The van der Waals surface area contributed by atoms with E-state index < -0.39 is 0 Å². The Morgan fingerprint density at radius 2 is 2.36 bits per heavy atom. The van der Waals surface area contributed by atoms with E-state index in [0.717, 1.165) is 32.5 Å². The van der Waals surface area contributed by atoms with Crippen LogP contribution in [-0.4, -0.2) is 49.8 Å². The summed E-state index contributed by atoms with van der Waals surface area (Å²) in [5, 5.41) is 0. The van der Waals surface area contributed by atoms with Gasteiger partial charge < -0.3 is 14.4 Å². The molecule has 80 valence electrons. The van der Waals surface area contributed by atoms with Crippen LogP contribution < -0.4 is 0 Å². The average molecular weight is 199 g/mol. The van der Waals surface area contributed by atoms with Gasteiger partial charge in [-0.1, -0.05) is 0 Å². The van der Waals surface area contributed by atoms with Crippen molar-refractivity contribution in [1.82, 2.24) is 4.90 Å². The predicted molar refractivity (Wildman–Crippen MR) is 51.0 cm³/mol. The van der Waals surface area contributed by atoms with Crippen molar-refractivity contribution in [1.29, 1.82) is 0 Å². The first kappa shape index (κ1) is 9.93. The number of carbonyl (C=O) groups is 1. The van der Waals surface area contributed by atoms with Gasteiger partial charge in [0.2, 0.25) is 5.91 Å². The molecule has 2 aliphatic heterocycles. The van der Waals surface area contributed by atoms with Gasteiger partial charge in [0, 0.05) is 19.5 Å². The molecule has 2 heterocycles. The molecule has 0 saturated carbocycles. The summed E-state index contributed by atoms with van der Waals surface area (Å²) in [6, 6.07) is 0. The summed E-state index contributed by atoms with van der Waals surface area (Å²) >= 11 is 0. The van der Waals surface area contributed by atoms with Crippen LogP contribution in [0.25, 0.3) is 0 Å². The molecular formula is C10H17NO3. The largest absolute Gasteiger partial charge is 0.377 e. The Morgan fingerprint density at radius 1 is 1.50 bits per heavy atom. The van der Waals surface area contributed by atoms with E-state index in [4.69, 9.17) is 9.47 Å². The van der Waals surface area contributed by atoms with Crippen molar-refractivity contribution >= 4 is 5.91 Å². The number of piperidine rings is 1. The van der Waals surface area contributed by atoms with E-state index in [1.165, 1.54) is 0 Å². The van der Waals surface area contributed by atoms with Gasteiger partial charge in [0.1, 0.15) is 6.10 Å². The summed E-state index contributed by atoms with van der Waals surface area (Å²) in [6.07, 6.45) is 3.22. The van der Waals surface area contributed by atoms with Crippen LogP contribution in [0, 0.1) is 0 Å². The third-order valence-corrected chi connectivity index (χ3v) is 2.63. The highest BCUT2D eigenvalue weighted by atomic mass is 16.6. The zero-order chi connectivity index (χ0) is 9.80. The van der Waals surface area contributed by atoms with Gasteiger partial charge in [0.15, 0.2) is 0 Å². The van der Waals surface area contributed by atoms with Gasteiger partial charge in [0.25, 0.3) is 0 Å². The minimum atomic E-state index is 0.280. The van der Waals surface area contributed by atoms with E-state index in [9.17, 15) is 4.79 Å². The lowest BCUT2D eigenvalue weighted by Crippen LogP contribution is -2.37. The fourth-order valence-corrected chi connectivity index (χ4v) is 1.65. The number of hydrogen-bond acceptors (Lipinski definition) is 3. The van der Waals surface area contributed by atoms with E-state index >= 15 is 0 Å². The first-order chi connectivity index (χ1) is 6.86. The van der Waals surface area contributed by atoms with Crippen LogP contribution in [0.1, 0.15) is 19.3 Å². The lowest BCUT2D eigenvalue weighted by Gasteiger charge is -2.26. The highest BCUT2D eigenvalue weighted by Crippen LogP contribution is 2.11. The third kappa shape index (κ3) is 2.96. The number of likely N-dealkylation sites (tertiary alicyclic amines) is 1. The van der Waals surface area contributed by atoms with Crippen LogP contribution in [0.2, 0.25) is 0 Å². The highest BCUT2D eigenvalue weighted by Gasteiger charge is 2.22. The van der Waals surface area contributed by atoms with Crippen molar-refractivity contribution in [3.8, 4) is 0 Å². The van der Waals surface area contributed by atoms with Crippen LogP contribution in [-0.2, 0) is 14.3 Å². The molecule has 0 radical (unpaired) electrons.